The molecule has 6 nitrogen and oxygen atoms in total. The number of aliphatic hydroxyl groups excluding tert-OH is 2. The van der Waals surface area contributed by atoms with E-state index in [1.54, 1.807) is 0 Å². The minimum atomic E-state index is -0.664. The van der Waals surface area contributed by atoms with Crippen LogP contribution in [0.3, 0.4) is 0 Å². The van der Waals surface area contributed by atoms with Crippen LogP contribution >= 0.6 is 0 Å². The molecule has 0 rings (SSSR count). The van der Waals surface area contributed by atoms with Crippen molar-refractivity contribution in [2.75, 3.05) is 13.2 Å². The van der Waals surface area contributed by atoms with E-state index in [1.165, 1.54) is 417 Å². The van der Waals surface area contributed by atoms with Crippen molar-refractivity contribution in [2.24, 2.45) is 0 Å². The first-order valence-corrected chi connectivity index (χ1v) is 41.9. The second-order valence-electron chi connectivity index (χ2n) is 29.2. The number of amides is 1. The number of hydrogen-bond donors (Lipinski definition) is 3. The van der Waals surface area contributed by atoms with Crippen molar-refractivity contribution in [3.63, 3.8) is 0 Å². The molecule has 0 heterocycles. The third-order valence-electron chi connectivity index (χ3n) is 20.1. The highest BCUT2D eigenvalue weighted by Gasteiger charge is 2.20. The van der Waals surface area contributed by atoms with Gasteiger partial charge >= 0.3 is 5.97 Å². The Bertz CT molecular complexity index is 1370. The van der Waals surface area contributed by atoms with Crippen LogP contribution in [0.25, 0.3) is 0 Å². The first-order chi connectivity index (χ1) is 44.5. The second-order valence-corrected chi connectivity index (χ2v) is 29.2. The molecule has 0 radical (unpaired) electrons. The Kier molecular flexibility index (Phi) is 78.8. The van der Waals surface area contributed by atoms with Gasteiger partial charge in [0.15, 0.2) is 0 Å². The Morgan fingerprint density at radius 3 is 0.789 bits per heavy atom. The molecule has 90 heavy (non-hydrogen) atoms. The molecule has 0 aromatic heterocycles. The highest BCUT2D eigenvalue weighted by atomic mass is 16.5. The van der Waals surface area contributed by atoms with Gasteiger partial charge in [-0.15, -0.1) is 0 Å². The summed E-state index contributed by atoms with van der Waals surface area (Å²) in [6.45, 7) is 5.02. The first kappa shape index (κ1) is 88.6. The average Bonchev–Trinajstić information content (AvgIpc) is 3.71. The lowest BCUT2D eigenvalue weighted by Gasteiger charge is -2.22. The van der Waals surface area contributed by atoms with Gasteiger partial charge in [0, 0.05) is 12.8 Å². The lowest BCUT2D eigenvalue weighted by molar-refractivity contribution is -0.143. The second kappa shape index (κ2) is 80.0. The molecule has 0 aliphatic carbocycles. The van der Waals surface area contributed by atoms with E-state index in [4.69, 9.17) is 4.74 Å². The van der Waals surface area contributed by atoms with Crippen molar-refractivity contribution in [1.82, 2.24) is 5.32 Å². The average molecular weight is 1270 g/mol. The summed E-state index contributed by atoms with van der Waals surface area (Å²) >= 11 is 0. The van der Waals surface area contributed by atoms with E-state index in [0.29, 0.717) is 25.9 Å². The van der Waals surface area contributed by atoms with Crippen LogP contribution in [0.4, 0.5) is 0 Å². The fourth-order valence-corrected chi connectivity index (χ4v) is 13.7. The van der Waals surface area contributed by atoms with E-state index in [2.05, 4.69) is 31.3 Å². The number of carbonyl (C=O) groups is 2. The molecule has 0 saturated carbocycles. The fourth-order valence-electron chi connectivity index (χ4n) is 13.7. The smallest absolute Gasteiger partial charge is 0.305 e. The molecule has 1 amide bonds. The maximum absolute atomic E-state index is 12.6. The molecule has 536 valence electrons. The number of hydrogen-bond acceptors (Lipinski definition) is 5. The largest absolute Gasteiger partial charge is 0.466 e. The summed E-state index contributed by atoms with van der Waals surface area (Å²) in [5, 5.41) is 23.5. The first-order valence-electron chi connectivity index (χ1n) is 41.9. The molecule has 0 aromatic rings. The van der Waals surface area contributed by atoms with Crippen LogP contribution in [-0.4, -0.2) is 47.4 Å². The van der Waals surface area contributed by atoms with Crippen LogP contribution in [0, 0.1) is 0 Å². The highest BCUT2D eigenvalue weighted by Crippen LogP contribution is 2.21. The molecule has 0 aromatic carbocycles. The molecule has 6 heteroatoms. The van der Waals surface area contributed by atoms with Gasteiger partial charge in [-0.1, -0.05) is 437 Å². The van der Waals surface area contributed by atoms with Crippen molar-refractivity contribution in [3.8, 4) is 0 Å². The number of rotatable bonds is 80. The van der Waals surface area contributed by atoms with E-state index in [1.807, 2.05) is 0 Å². The molecule has 0 saturated heterocycles. The Labute approximate surface area is 565 Å². The van der Waals surface area contributed by atoms with Gasteiger partial charge in [0.05, 0.1) is 25.4 Å². The molecule has 3 N–H and O–H groups in total. The predicted octanol–water partition coefficient (Wildman–Crippen LogP) is 27.8. The summed E-state index contributed by atoms with van der Waals surface area (Å²) in [5.41, 5.74) is 0. The SMILES string of the molecule is CCCCCCCCCCCCCCCCCCCCCCCCCCC(O)C(CO)NC(=O)CCCCCCCCCCCCCCCCC/C=C\CCCCCCCCCCCCCCOC(=O)CCCCCCCCCCCCCCCCCCCC. The van der Waals surface area contributed by atoms with E-state index in [-0.39, 0.29) is 18.5 Å². The zero-order chi connectivity index (χ0) is 64.9. The third kappa shape index (κ3) is 75.6. The Hall–Kier alpha value is -1.40. The lowest BCUT2D eigenvalue weighted by atomic mass is 10.0. The summed E-state index contributed by atoms with van der Waals surface area (Å²) in [6, 6.07) is -0.541. The van der Waals surface area contributed by atoms with Gasteiger partial charge in [0.1, 0.15) is 0 Å². The Morgan fingerprint density at radius 2 is 0.522 bits per heavy atom. The van der Waals surface area contributed by atoms with Gasteiger partial charge in [-0.05, 0) is 51.4 Å². The van der Waals surface area contributed by atoms with Gasteiger partial charge < -0.3 is 20.3 Å². The predicted molar refractivity (Wildman–Crippen MR) is 398 cm³/mol. The summed E-state index contributed by atoms with van der Waals surface area (Å²) < 4.78 is 5.52. The van der Waals surface area contributed by atoms with Crippen LogP contribution in [0.15, 0.2) is 12.2 Å². The summed E-state index contributed by atoms with van der Waals surface area (Å²) in [5.74, 6) is -0.00277. The van der Waals surface area contributed by atoms with Crippen LogP contribution in [0.1, 0.15) is 489 Å². The summed E-state index contributed by atoms with van der Waals surface area (Å²) in [7, 11) is 0. The van der Waals surface area contributed by atoms with E-state index in [0.717, 1.165) is 38.5 Å². The van der Waals surface area contributed by atoms with Gasteiger partial charge in [0.25, 0.3) is 0 Å². The van der Waals surface area contributed by atoms with Crippen molar-refractivity contribution in [1.29, 1.82) is 0 Å². The quantitative estimate of drug-likeness (QED) is 0.0320. The van der Waals surface area contributed by atoms with Crippen molar-refractivity contribution in [2.45, 2.75) is 501 Å². The minimum Gasteiger partial charge on any atom is -0.466 e. The number of esters is 1. The molecule has 0 fully saturated rings. The third-order valence-corrected chi connectivity index (χ3v) is 20.1. The van der Waals surface area contributed by atoms with Crippen molar-refractivity contribution >= 4 is 11.9 Å². The molecule has 0 aliphatic rings. The van der Waals surface area contributed by atoms with Gasteiger partial charge in [-0.3, -0.25) is 9.59 Å². The monoisotopic (exact) mass is 1270 g/mol. The van der Waals surface area contributed by atoms with Crippen LogP contribution < -0.4 is 5.32 Å². The van der Waals surface area contributed by atoms with Crippen molar-refractivity contribution in [3.05, 3.63) is 12.2 Å². The number of carbonyl (C=O) groups excluding carboxylic acids is 2. The fraction of sp³-hybridized carbons (Fsp3) is 0.952. The number of ether oxygens (including phenoxy) is 1. The summed E-state index contributed by atoms with van der Waals surface area (Å²) in [4.78, 5) is 24.7. The van der Waals surface area contributed by atoms with Gasteiger partial charge in [0.2, 0.25) is 5.91 Å². The Morgan fingerprint density at radius 1 is 0.300 bits per heavy atom. The number of allylic oxidation sites excluding steroid dienone is 2. The number of nitrogens with one attached hydrogen (secondary N) is 1. The van der Waals surface area contributed by atoms with E-state index < -0.39 is 12.1 Å². The van der Waals surface area contributed by atoms with Gasteiger partial charge in [-0.25, -0.2) is 0 Å². The zero-order valence-corrected chi connectivity index (χ0v) is 61.7. The minimum absolute atomic E-state index is 0.0237. The van der Waals surface area contributed by atoms with Crippen molar-refractivity contribution < 1.29 is 24.5 Å². The van der Waals surface area contributed by atoms with Crippen LogP contribution in [-0.2, 0) is 14.3 Å². The maximum atomic E-state index is 12.6. The molecule has 0 spiro atoms. The van der Waals surface area contributed by atoms with Gasteiger partial charge in [-0.2, -0.15) is 0 Å². The maximum Gasteiger partial charge on any atom is 0.305 e. The molecule has 2 unspecified atom stereocenters. The molecule has 2 atom stereocenters. The van der Waals surface area contributed by atoms with Crippen LogP contribution in [0.5, 0.6) is 0 Å². The molecular formula is C84H165NO5. The number of unbranched alkanes of at least 4 members (excludes halogenated alkanes) is 67. The van der Waals surface area contributed by atoms with Crippen LogP contribution in [0.2, 0.25) is 0 Å². The Balaban J connectivity index is 3.34. The number of aliphatic hydroxyl groups is 2. The molecule has 0 bridgehead atoms. The van der Waals surface area contributed by atoms with E-state index in [9.17, 15) is 19.8 Å². The molecular weight excluding hydrogens is 1100 g/mol. The topological polar surface area (TPSA) is 95.9 Å². The lowest BCUT2D eigenvalue weighted by Crippen LogP contribution is -2.45. The highest BCUT2D eigenvalue weighted by molar-refractivity contribution is 5.76. The zero-order valence-electron chi connectivity index (χ0n) is 61.7. The molecule has 0 aliphatic heterocycles. The van der Waals surface area contributed by atoms with E-state index >= 15 is 0 Å². The summed E-state index contributed by atoms with van der Waals surface area (Å²) in [6.07, 6.45) is 102. The normalized spacial score (nSPS) is 12.4. The standard InChI is InChI=1S/C84H165NO5/c1-3-5-7-9-11-13-15-17-19-21-23-24-25-35-38-41-44-48-52-56-60-64-68-72-76-82(87)81(80-86)85-83(88)77-73-69-65-61-57-53-49-45-42-39-36-33-31-29-27-26-28-30-32-34-37-40-43-47-51-55-59-63-67-71-75-79-90-84(89)78-74-70-66-62-58-54-50-46-22-20-18-16-14-12-10-8-6-4-2/h28,30,81-82,86-87H,3-27,29,31-80H2,1-2H3,(H,85,88)/b30-28-.